The van der Waals surface area contributed by atoms with Crippen LogP contribution in [0.3, 0.4) is 0 Å². The third-order valence-corrected chi connectivity index (χ3v) is 3.29. The van der Waals surface area contributed by atoms with Crippen LogP contribution in [-0.4, -0.2) is 22.1 Å². The maximum absolute atomic E-state index is 6.10. The highest BCUT2D eigenvalue weighted by molar-refractivity contribution is 7.09. The molecule has 2 N–H and O–H groups in total. The van der Waals surface area contributed by atoms with Crippen LogP contribution in [0.1, 0.15) is 22.4 Å². The zero-order valence-corrected chi connectivity index (χ0v) is 10.6. The van der Waals surface area contributed by atoms with Crippen LogP contribution in [0.4, 0.5) is 0 Å². The molecule has 2 aromatic heterocycles. The summed E-state index contributed by atoms with van der Waals surface area (Å²) in [5.74, 6) is 0.480. The van der Waals surface area contributed by atoms with Crippen molar-refractivity contribution in [3.63, 3.8) is 0 Å². The lowest BCUT2D eigenvalue weighted by Gasteiger charge is -2.11. The van der Waals surface area contributed by atoms with Crippen molar-refractivity contribution >= 4 is 11.3 Å². The van der Waals surface area contributed by atoms with E-state index in [0.717, 1.165) is 10.7 Å². The van der Waals surface area contributed by atoms with E-state index in [9.17, 15) is 0 Å². The van der Waals surface area contributed by atoms with Gasteiger partial charge in [0.1, 0.15) is 5.69 Å². The normalized spacial score (nSPS) is 12.4. The van der Waals surface area contributed by atoms with Gasteiger partial charge in [-0.15, -0.1) is 11.3 Å². The minimum Gasteiger partial charge on any atom is -0.480 e. The predicted molar refractivity (Wildman–Crippen MR) is 66.1 cm³/mol. The number of aromatic nitrogens is 3. The fraction of sp³-hybridized carbons (Fsp3) is 0.364. The van der Waals surface area contributed by atoms with Crippen molar-refractivity contribution in [2.45, 2.75) is 19.4 Å². The lowest BCUT2D eigenvalue weighted by atomic mass is 10.1. The molecular weight excluding hydrogens is 236 g/mol. The summed E-state index contributed by atoms with van der Waals surface area (Å²) in [6, 6.07) is -0.246. The summed E-state index contributed by atoms with van der Waals surface area (Å²) in [5.41, 5.74) is 7.78. The first-order valence-electron chi connectivity index (χ1n) is 5.22. The Morgan fingerprint density at radius 1 is 1.41 bits per heavy atom. The number of rotatable bonds is 4. The molecule has 0 spiro atoms. The minimum absolute atomic E-state index is 0.246. The number of aryl methyl sites for hydroxylation is 1. The first-order valence-corrected chi connectivity index (χ1v) is 6.10. The summed E-state index contributed by atoms with van der Waals surface area (Å²) in [7, 11) is 1.56. The van der Waals surface area contributed by atoms with E-state index in [1.54, 1.807) is 30.8 Å². The van der Waals surface area contributed by atoms with Gasteiger partial charge in [0, 0.05) is 29.9 Å². The van der Waals surface area contributed by atoms with E-state index in [1.807, 2.05) is 12.3 Å². The van der Waals surface area contributed by atoms with Gasteiger partial charge in [0.25, 0.3) is 0 Å². The van der Waals surface area contributed by atoms with Crippen molar-refractivity contribution in [3.05, 3.63) is 34.2 Å². The Balaban J connectivity index is 2.16. The highest BCUT2D eigenvalue weighted by atomic mass is 32.1. The van der Waals surface area contributed by atoms with E-state index < -0.39 is 0 Å². The van der Waals surface area contributed by atoms with Crippen molar-refractivity contribution in [1.82, 2.24) is 15.0 Å². The van der Waals surface area contributed by atoms with Gasteiger partial charge in [0.2, 0.25) is 5.88 Å². The number of ether oxygens (including phenoxy) is 1. The molecule has 1 unspecified atom stereocenters. The Labute approximate surface area is 104 Å². The van der Waals surface area contributed by atoms with Crippen LogP contribution in [-0.2, 0) is 6.42 Å². The second-order valence-corrected chi connectivity index (χ2v) is 4.59. The predicted octanol–water partition coefficient (Wildman–Crippen LogP) is 1.49. The number of thiazole rings is 1. The summed E-state index contributed by atoms with van der Waals surface area (Å²) in [5, 5.41) is 3.01. The van der Waals surface area contributed by atoms with Crippen LogP contribution in [0.5, 0.6) is 5.88 Å². The average molecular weight is 250 g/mol. The second-order valence-electron chi connectivity index (χ2n) is 3.64. The fourth-order valence-corrected chi connectivity index (χ4v) is 2.36. The Morgan fingerprint density at radius 3 is 2.82 bits per heavy atom. The summed E-state index contributed by atoms with van der Waals surface area (Å²) < 4.78 is 5.14. The molecule has 0 bridgehead atoms. The molecule has 0 saturated carbocycles. The number of methoxy groups -OCH3 is 1. The first-order chi connectivity index (χ1) is 8.20. The number of hydrogen-bond donors (Lipinski definition) is 1. The van der Waals surface area contributed by atoms with Gasteiger partial charge in [-0.3, -0.25) is 4.98 Å². The largest absolute Gasteiger partial charge is 0.480 e. The highest BCUT2D eigenvalue weighted by Crippen LogP contribution is 2.22. The average Bonchev–Trinajstić information content (AvgIpc) is 2.74. The molecule has 0 saturated heterocycles. The Kier molecular flexibility index (Phi) is 3.65. The van der Waals surface area contributed by atoms with Gasteiger partial charge >= 0.3 is 0 Å². The molecule has 1 atom stereocenters. The van der Waals surface area contributed by atoms with Crippen LogP contribution in [0.2, 0.25) is 0 Å². The lowest BCUT2D eigenvalue weighted by molar-refractivity contribution is 0.384. The molecule has 6 heteroatoms. The Hall–Kier alpha value is -1.53. The van der Waals surface area contributed by atoms with Crippen LogP contribution in [0, 0.1) is 6.92 Å². The molecule has 0 aliphatic heterocycles. The smallest absolute Gasteiger partial charge is 0.237 e. The molecule has 0 fully saturated rings. The van der Waals surface area contributed by atoms with E-state index in [0.29, 0.717) is 18.0 Å². The van der Waals surface area contributed by atoms with E-state index in [4.69, 9.17) is 10.5 Å². The number of nitrogens with two attached hydrogens (primary N) is 1. The van der Waals surface area contributed by atoms with Crippen LogP contribution in [0.15, 0.2) is 17.8 Å². The van der Waals surface area contributed by atoms with E-state index >= 15 is 0 Å². The van der Waals surface area contributed by atoms with Crippen molar-refractivity contribution in [3.8, 4) is 5.88 Å². The Morgan fingerprint density at radius 2 is 2.18 bits per heavy atom. The molecule has 2 aromatic rings. The quantitative estimate of drug-likeness (QED) is 0.890. The molecule has 0 amide bonds. The van der Waals surface area contributed by atoms with Crippen molar-refractivity contribution < 1.29 is 4.74 Å². The molecule has 0 aliphatic carbocycles. The van der Waals surface area contributed by atoms with E-state index in [2.05, 4.69) is 15.0 Å². The molecule has 17 heavy (non-hydrogen) atoms. The van der Waals surface area contributed by atoms with Gasteiger partial charge in [-0.25, -0.2) is 9.97 Å². The van der Waals surface area contributed by atoms with E-state index in [-0.39, 0.29) is 6.04 Å². The molecule has 0 radical (unpaired) electrons. The summed E-state index contributed by atoms with van der Waals surface area (Å²) in [6.07, 6.45) is 3.85. The summed E-state index contributed by atoms with van der Waals surface area (Å²) in [6.45, 7) is 1.97. The first kappa shape index (κ1) is 11.9. The van der Waals surface area contributed by atoms with Gasteiger partial charge in [-0.1, -0.05) is 0 Å². The fourth-order valence-electron chi connectivity index (χ4n) is 1.53. The Bertz CT molecular complexity index is 500. The SMILES string of the molecule is COc1nccnc1C(N)Cc1nc(C)cs1. The summed E-state index contributed by atoms with van der Waals surface area (Å²) >= 11 is 1.61. The van der Waals surface area contributed by atoms with Gasteiger partial charge in [-0.05, 0) is 6.92 Å². The zero-order chi connectivity index (χ0) is 12.3. The van der Waals surface area contributed by atoms with Crippen LogP contribution >= 0.6 is 11.3 Å². The molecular formula is C11H14N4OS. The number of hydrogen-bond acceptors (Lipinski definition) is 6. The third kappa shape index (κ3) is 2.78. The molecule has 90 valence electrons. The van der Waals surface area contributed by atoms with Crippen molar-refractivity contribution in [2.75, 3.05) is 7.11 Å². The minimum atomic E-state index is -0.246. The maximum Gasteiger partial charge on any atom is 0.237 e. The van der Waals surface area contributed by atoms with Gasteiger partial charge in [0.15, 0.2) is 0 Å². The van der Waals surface area contributed by atoms with Gasteiger partial charge in [-0.2, -0.15) is 0 Å². The number of nitrogens with zero attached hydrogens (tertiary/aromatic N) is 3. The lowest BCUT2D eigenvalue weighted by Crippen LogP contribution is -2.16. The van der Waals surface area contributed by atoms with Gasteiger partial charge in [0.05, 0.1) is 18.2 Å². The van der Waals surface area contributed by atoms with Gasteiger partial charge < -0.3 is 10.5 Å². The molecule has 5 nitrogen and oxygen atoms in total. The standard InChI is InChI=1S/C11H14N4OS/c1-7-6-17-9(15-7)5-8(12)10-11(16-2)14-4-3-13-10/h3-4,6,8H,5,12H2,1-2H3. The topological polar surface area (TPSA) is 73.9 Å². The molecule has 0 aromatic carbocycles. The third-order valence-electron chi connectivity index (χ3n) is 2.30. The monoisotopic (exact) mass is 250 g/mol. The van der Waals surface area contributed by atoms with Crippen molar-refractivity contribution in [1.29, 1.82) is 0 Å². The van der Waals surface area contributed by atoms with Crippen LogP contribution in [0.25, 0.3) is 0 Å². The maximum atomic E-state index is 6.10. The molecule has 2 heterocycles. The zero-order valence-electron chi connectivity index (χ0n) is 9.75. The summed E-state index contributed by atoms with van der Waals surface area (Å²) in [4.78, 5) is 12.7. The van der Waals surface area contributed by atoms with Crippen molar-refractivity contribution in [2.24, 2.45) is 5.73 Å². The van der Waals surface area contributed by atoms with E-state index in [1.165, 1.54) is 0 Å². The molecule has 2 rings (SSSR count). The highest BCUT2D eigenvalue weighted by Gasteiger charge is 2.16. The molecule has 0 aliphatic rings. The van der Waals surface area contributed by atoms with Crippen LogP contribution < -0.4 is 10.5 Å². The second kappa shape index (κ2) is 5.20.